The summed E-state index contributed by atoms with van der Waals surface area (Å²) in [4.78, 5) is 11.6. The van der Waals surface area contributed by atoms with Crippen molar-refractivity contribution in [2.24, 2.45) is 4.99 Å². The summed E-state index contributed by atoms with van der Waals surface area (Å²) in [5.74, 6) is 0.895. The molecule has 0 amide bonds. The van der Waals surface area contributed by atoms with Gasteiger partial charge in [-0.15, -0.1) is 0 Å². The molecule has 1 aliphatic heterocycles. The third kappa shape index (κ3) is 6.45. The SMILES string of the molecule is CCNC(=NCC1CCCN1CCOC)NCCc1ccccn1. The summed E-state index contributed by atoms with van der Waals surface area (Å²) in [7, 11) is 1.76. The predicted octanol–water partition coefficient (Wildman–Crippen LogP) is 1.29. The fraction of sp³-hybridized carbons (Fsp3) is 0.667. The Morgan fingerprint density at radius 3 is 3.08 bits per heavy atom. The molecule has 1 aliphatic rings. The van der Waals surface area contributed by atoms with E-state index in [1.54, 1.807) is 7.11 Å². The van der Waals surface area contributed by atoms with Crippen LogP contribution in [-0.4, -0.2) is 68.3 Å². The zero-order valence-electron chi connectivity index (χ0n) is 15.0. The molecule has 24 heavy (non-hydrogen) atoms. The van der Waals surface area contributed by atoms with E-state index in [1.165, 1.54) is 12.8 Å². The van der Waals surface area contributed by atoms with Gasteiger partial charge in [0.25, 0.3) is 0 Å². The quantitative estimate of drug-likeness (QED) is 0.527. The van der Waals surface area contributed by atoms with Crippen molar-refractivity contribution in [1.82, 2.24) is 20.5 Å². The Bertz CT molecular complexity index is 480. The zero-order chi connectivity index (χ0) is 17.0. The predicted molar refractivity (Wildman–Crippen MR) is 98.4 cm³/mol. The fourth-order valence-corrected chi connectivity index (χ4v) is 3.00. The van der Waals surface area contributed by atoms with E-state index in [-0.39, 0.29) is 0 Å². The third-order valence-electron chi connectivity index (χ3n) is 4.29. The number of methoxy groups -OCH3 is 1. The third-order valence-corrected chi connectivity index (χ3v) is 4.29. The van der Waals surface area contributed by atoms with Crippen LogP contribution in [0.25, 0.3) is 0 Å². The minimum absolute atomic E-state index is 0.534. The topological polar surface area (TPSA) is 61.8 Å². The van der Waals surface area contributed by atoms with E-state index in [0.717, 1.165) is 57.4 Å². The highest BCUT2D eigenvalue weighted by atomic mass is 16.5. The molecule has 0 saturated carbocycles. The van der Waals surface area contributed by atoms with Crippen LogP contribution in [0.4, 0.5) is 0 Å². The van der Waals surface area contributed by atoms with Crippen LogP contribution in [0.1, 0.15) is 25.5 Å². The number of ether oxygens (including phenoxy) is 1. The van der Waals surface area contributed by atoms with Gasteiger partial charge >= 0.3 is 0 Å². The first kappa shape index (κ1) is 18.7. The molecular formula is C18H31N5O. The standard InChI is InChI=1S/C18H31N5O/c1-3-19-18(21-11-9-16-7-4-5-10-20-16)22-15-17-8-6-12-23(17)13-14-24-2/h4-5,7,10,17H,3,6,8-9,11-15H2,1-2H3,(H2,19,21,22). The summed E-state index contributed by atoms with van der Waals surface area (Å²) in [5.41, 5.74) is 1.10. The summed E-state index contributed by atoms with van der Waals surface area (Å²) in [6, 6.07) is 6.56. The number of rotatable bonds is 9. The first-order valence-corrected chi connectivity index (χ1v) is 8.98. The van der Waals surface area contributed by atoms with Crippen molar-refractivity contribution in [3.63, 3.8) is 0 Å². The van der Waals surface area contributed by atoms with Gasteiger partial charge in [0.05, 0.1) is 13.2 Å². The molecule has 1 saturated heterocycles. The van der Waals surface area contributed by atoms with Crippen LogP contribution in [0, 0.1) is 0 Å². The van der Waals surface area contributed by atoms with Crippen molar-refractivity contribution in [2.75, 3.05) is 46.4 Å². The molecule has 2 rings (SSSR count). The van der Waals surface area contributed by atoms with E-state index in [0.29, 0.717) is 6.04 Å². The first-order valence-electron chi connectivity index (χ1n) is 8.98. The number of likely N-dealkylation sites (tertiary alicyclic amines) is 1. The molecule has 2 heterocycles. The normalized spacial score (nSPS) is 18.8. The summed E-state index contributed by atoms with van der Waals surface area (Å²) < 4.78 is 5.20. The van der Waals surface area contributed by atoms with Crippen LogP contribution in [0.5, 0.6) is 0 Å². The lowest BCUT2D eigenvalue weighted by molar-refractivity contribution is 0.142. The summed E-state index contributed by atoms with van der Waals surface area (Å²) in [6.45, 7) is 7.59. The molecule has 1 aromatic heterocycles. The van der Waals surface area contributed by atoms with Gasteiger partial charge in [-0.1, -0.05) is 6.07 Å². The molecule has 134 valence electrons. The van der Waals surface area contributed by atoms with E-state index < -0.39 is 0 Å². The molecular weight excluding hydrogens is 302 g/mol. The van der Waals surface area contributed by atoms with Gasteiger partial charge in [-0.3, -0.25) is 14.9 Å². The summed E-state index contributed by atoms with van der Waals surface area (Å²) >= 11 is 0. The van der Waals surface area contributed by atoms with Crippen LogP contribution in [-0.2, 0) is 11.2 Å². The van der Waals surface area contributed by atoms with Crippen molar-refractivity contribution in [1.29, 1.82) is 0 Å². The van der Waals surface area contributed by atoms with Gasteiger partial charge < -0.3 is 15.4 Å². The Morgan fingerprint density at radius 2 is 2.33 bits per heavy atom. The Labute approximate surface area is 145 Å². The van der Waals surface area contributed by atoms with Crippen molar-refractivity contribution < 1.29 is 4.74 Å². The van der Waals surface area contributed by atoms with Crippen molar-refractivity contribution in [3.8, 4) is 0 Å². The second-order valence-corrected chi connectivity index (χ2v) is 6.04. The Hall–Kier alpha value is -1.66. The lowest BCUT2D eigenvalue weighted by atomic mass is 10.2. The first-order chi connectivity index (χ1) is 11.8. The Kier molecular flexibility index (Phi) is 8.55. The summed E-state index contributed by atoms with van der Waals surface area (Å²) in [6.07, 6.45) is 5.21. The monoisotopic (exact) mass is 333 g/mol. The van der Waals surface area contributed by atoms with Crippen molar-refractivity contribution >= 4 is 5.96 Å². The van der Waals surface area contributed by atoms with Gasteiger partial charge in [-0.05, 0) is 38.4 Å². The van der Waals surface area contributed by atoms with Crippen molar-refractivity contribution in [2.45, 2.75) is 32.2 Å². The maximum absolute atomic E-state index is 5.20. The number of guanidine groups is 1. The number of aromatic nitrogens is 1. The second kappa shape index (κ2) is 11.0. The molecule has 0 bridgehead atoms. The lowest BCUT2D eigenvalue weighted by Gasteiger charge is -2.23. The molecule has 6 nitrogen and oxygen atoms in total. The zero-order valence-corrected chi connectivity index (χ0v) is 15.0. The molecule has 0 aliphatic carbocycles. The highest BCUT2D eigenvalue weighted by Gasteiger charge is 2.23. The average Bonchev–Trinajstić information content (AvgIpc) is 3.06. The molecule has 1 unspecified atom stereocenters. The Morgan fingerprint density at radius 1 is 1.42 bits per heavy atom. The smallest absolute Gasteiger partial charge is 0.191 e. The van der Waals surface area contributed by atoms with Crippen LogP contribution in [0.2, 0.25) is 0 Å². The molecule has 1 aromatic rings. The maximum Gasteiger partial charge on any atom is 0.191 e. The van der Waals surface area contributed by atoms with Gasteiger partial charge in [-0.2, -0.15) is 0 Å². The van der Waals surface area contributed by atoms with E-state index in [9.17, 15) is 0 Å². The fourth-order valence-electron chi connectivity index (χ4n) is 3.00. The minimum atomic E-state index is 0.534. The number of nitrogens with zero attached hydrogens (tertiary/aromatic N) is 3. The number of nitrogens with one attached hydrogen (secondary N) is 2. The van der Waals surface area contributed by atoms with E-state index in [4.69, 9.17) is 9.73 Å². The largest absolute Gasteiger partial charge is 0.383 e. The van der Waals surface area contributed by atoms with E-state index in [2.05, 4.69) is 33.5 Å². The number of hydrogen-bond donors (Lipinski definition) is 2. The van der Waals surface area contributed by atoms with Crippen LogP contribution >= 0.6 is 0 Å². The maximum atomic E-state index is 5.20. The average molecular weight is 333 g/mol. The summed E-state index contributed by atoms with van der Waals surface area (Å²) in [5, 5.41) is 6.73. The van der Waals surface area contributed by atoms with E-state index in [1.807, 2.05) is 18.3 Å². The number of hydrogen-bond acceptors (Lipinski definition) is 4. The van der Waals surface area contributed by atoms with Gasteiger partial charge in [0.15, 0.2) is 5.96 Å². The van der Waals surface area contributed by atoms with Gasteiger partial charge in [0, 0.05) is 51.1 Å². The van der Waals surface area contributed by atoms with Crippen molar-refractivity contribution in [3.05, 3.63) is 30.1 Å². The molecule has 1 atom stereocenters. The molecule has 0 spiro atoms. The van der Waals surface area contributed by atoms with E-state index >= 15 is 0 Å². The van der Waals surface area contributed by atoms with Gasteiger partial charge in [0.1, 0.15) is 0 Å². The highest BCUT2D eigenvalue weighted by Crippen LogP contribution is 2.16. The minimum Gasteiger partial charge on any atom is -0.383 e. The van der Waals surface area contributed by atoms with Gasteiger partial charge in [0.2, 0.25) is 0 Å². The van der Waals surface area contributed by atoms with Crippen LogP contribution in [0.3, 0.4) is 0 Å². The molecule has 2 N–H and O–H groups in total. The number of pyridine rings is 1. The van der Waals surface area contributed by atoms with Gasteiger partial charge in [-0.25, -0.2) is 0 Å². The lowest BCUT2D eigenvalue weighted by Crippen LogP contribution is -2.40. The molecule has 0 aromatic carbocycles. The number of aliphatic imine (C=N–C) groups is 1. The van der Waals surface area contributed by atoms with Crippen LogP contribution < -0.4 is 10.6 Å². The highest BCUT2D eigenvalue weighted by molar-refractivity contribution is 5.79. The molecule has 0 radical (unpaired) electrons. The molecule has 1 fully saturated rings. The second-order valence-electron chi connectivity index (χ2n) is 6.04. The van der Waals surface area contributed by atoms with Crippen LogP contribution in [0.15, 0.2) is 29.4 Å². The molecule has 6 heteroatoms. The Balaban J connectivity index is 1.79.